The Morgan fingerprint density at radius 2 is 1.93 bits per heavy atom. The highest BCUT2D eigenvalue weighted by atomic mass is 79.9. The molecule has 0 unspecified atom stereocenters. The molecule has 158 valence electrons. The highest BCUT2D eigenvalue weighted by Crippen LogP contribution is 2.36. The lowest BCUT2D eigenvalue weighted by Crippen LogP contribution is -2.43. The number of nitrogens with zero attached hydrogens (tertiary/aromatic N) is 1. The van der Waals surface area contributed by atoms with Gasteiger partial charge in [0, 0.05) is 10.9 Å². The van der Waals surface area contributed by atoms with Crippen molar-refractivity contribution in [3.8, 4) is 0 Å². The Kier molecular flexibility index (Phi) is 5.94. The Bertz CT molecular complexity index is 933. The average molecular weight is 476 g/mol. The first kappa shape index (κ1) is 20.6. The smallest absolute Gasteiger partial charge is 0.410 e. The minimum atomic E-state index is -0.987. The van der Waals surface area contributed by atoms with Crippen molar-refractivity contribution in [2.45, 2.75) is 24.9 Å². The number of halogens is 1. The second kappa shape index (κ2) is 8.63. The van der Waals surface area contributed by atoms with Crippen LogP contribution in [0.15, 0.2) is 53.0 Å². The minimum absolute atomic E-state index is 0.110. The predicted molar refractivity (Wildman–Crippen MR) is 114 cm³/mol. The summed E-state index contributed by atoms with van der Waals surface area (Å²) in [5, 5.41) is 2.80. The summed E-state index contributed by atoms with van der Waals surface area (Å²) in [5.41, 5.74) is 7.73. The number of rotatable bonds is 4. The SMILES string of the molecule is Nc1cc(Br)ccc1NC(=O)[C@@H]1CC2(CN1C(=O)OCc1ccccc1)OCCO2. The fraction of sp³-hybridized carbons (Fsp3) is 0.333. The Balaban J connectivity index is 1.49. The third kappa shape index (κ3) is 4.43. The van der Waals surface area contributed by atoms with E-state index in [0.29, 0.717) is 24.6 Å². The fourth-order valence-electron chi connectivity index (χ4n) is 3.64. The van der Waals surface area contributed by atoms with Crippen molar-refractivity contribution in [2.24, 2.45) is 0 Å². The number of hydrogen-bond acceptors (Lipinski definition) is 6. The van der Waals surface area contributed by atoms with E-state index in [2.05, 4.69) is 21.2 Å². The molecule has 8 nitrogen and oxygen atoms in total. The van der Waals surface area contributed by atoms with Crippen molar-refractivity contribution >= 4 is 39.3 Å². The van der Waals surface area contributed by atoms with Gasteiger partial charge in [0.2, 0.25) is 5.91 Å². The average Bonchev–Trinajstić information content (AvgIpc) is 3.36. The lowest BCUT2D eigenvalue weighted by molar-refractivity contribution is -0.145. The summed E-state index contributed by atoms with van der Waals surface area (Å²) in [6, 6.07) is 13.7. The number of hydrogen-bond donors (Lipinski definition) is 2. The van der Waals surface area contributed by atoms with E-state index in [0.717, 1.165) is 10.0 Å². The molecule has 4 rings (SSSR count). The van der Waals surface area contributed by atoms with Crippen molar-refractivity contribution in [3.05, 3.63) is 58.6 Å². The number of carbonyl (C=O) groups excluding carboxylic acids is 2. The number of ether oxygens (including phenoxy) is 3. The maximum absolute atomic E-state index is 13.0. The number of carbonyl (C=O) groups is 2. The van der Waals surface area contributed by atoms with Crippen LogP contribution in [0.3, 0.4) is 0 Å². The summed E-state index contributed by atoms with van der Waals surface area (Å²) in [6.07, 6.45) is -0.380. The Hall–Kier alpha value is -2.62. The first-order valence-electron chi connectivity index (χ1n) is 9.57. The second-order valence-corrected chi connectivity index (χ2v) is 8.13. The second-order valence-electron chi connectivity index (χ2n) is 7.22. The summed E-state index contributed by atoms with van der Waals surface area (Å²) in [5.74, 6) is -1.37. The van der Waals surface area contributed by atoms with Gasteiger partial charge in [-0.15, -0.1) is 0 Å². The van der Waals surface area contributed by atoms with Crippen LogP contribution in [0.25, 0.3) is 0 Å². The first-order valence-corrected chi connectivity index (χ1v) is 10.4. The number of benzene rings is 2. The van der Waals surface area contributed by atoms with Crippen LogP contribution in [0, 0.1) is 0 Å². The predicted octanol–water partition coefficient (Wildman–Crippen LogP) is 3.12. The van der Waals surface area contributed by atoms with Crippen LogP contribution in [0.4, 0.5) is 16.2 Å². The molecule has 30 heavy (non-hydrogen) atoms. The summed E-state index contributed by atoms with van der Waals surface area (Å²) in [6.45, 7) is 1.06. The normalized spacial score (nSPS) is 19.8. The van der Waals surface area contributed by atoms with E-state index in [1.165, 1.54) is 4.90 Å². The van der Waals surface area contributed by atoms with E-state index >= 15 is 0 Å². The molecular formula is C21H22BrN3O5. The molecule has 2 fully saturated rings. The standard InChI is InChI=1S/C21H22BrN3O5/c22-15-6-7-17(16(23)10-15)24-19(26)18-11-21(29-8-9-30-21)13-25(18)20(27)28-12-14-4-2-1-3-5-14/h1-7,10,18H,8-9,11-13,23H2,(H,24,26)/t18-/m0/s1. The largest absolute Gasteiger partial charge is 0.445 e. The van der Waals surface area contributed by atoms with Gasteiger partial charge in [-0.05, 0) is 23.8 Å². The first-order chi connectivity index (χ1) is 14.5. The van der Waals surface area contributed by atoms with E-state index in [9.17, 15) is 9.59 Å². The Labute approximate surface area is 182 Å². The van der Waals surface area contributed by atoms with Crippen molar-refractivity contribution in [3.63, 3.8) is 0 Å². The summed E-state index contributed by atoms with van der Waals surface area (Å²) >= 11 is 3.34. The lowest BCUT2D eigenvalue weighted by Gasteiger charge is -2.23. The zero-order chi connectivity index (χ0) is 21.1. The topological polar surface area (TPSA) is 103 Å². The van der Waals surface area contributed by atoms with Crippen molar-refractivity contribution in [1.82, 2.24) is 4.90 Å². The zero-order valence-corrected chi connectivity index (χ0v) is 17.8. The number of nitrogens with one attached hydrogen (secondary N) is 1. The van der Waals surface area contributed by atoms with Crippen molar-refractivity contribution in [2.75, 3.05) is 30.8 Å². The molecule has 2 amide bonds. The maximum atomic E-state index is 13.0. The zero-order valence-electron chi connectivity index (χ0n) is 16.2. The molecule has 1 spiro atoms. The summed E-state index contributed by atoms with van der Waals surface area (Å²) in [4.78, 5) is 27.2. The van der Waals surface area contributed by atoms with E-state index in [-0.39, 0.29) is 25.5 Å². The van der Waals surface area contributed by atoms with Crippen LogP contribution in [0.2, 0.25) is 0 Å². The van der Waals surface area contributed by atoms with E-state index in [4.69, 9.17) is 19.9 Å². The molecule has 9 heteroatoms. The molecule has 2 aliphatic rings. The highest BCUT2D eigenvalue weighted by molar-refractivity contribution is 9.10. The molecule has 0 aromatic heterocycles. The monoisotopic (exact) mass is 475 g/mol. The number of amides is 2. The van der Waals surface area contributed by atoms with Crippen molar-refractivity contribution < 1.29 is 23.8 Å². The van der Waals surface area contributed by atoms with Gasteiger partial charge in [0.1, 0.15) is 12.6 Å². The van der Waals surface area contributed by atoms with E-state index < -0.39 is 17.9 Å². The minimum Gasteiger partial charge on any atom is -0.445 e. The van der Waals surface area contributed by atoms with Crippen LogP contribution in [-0.4, -0.2) is 48.5 Å². The quantitative estimate of drug-likeness (QED) is 0.658. The number of nitrogen functional groups attached to an aromatic ring is 1. The molecule has 0 aliphatic carbocycles. The van der Waals surface area contributed by atoms with Gasteiger partial charge >= 0.3 is 6.09 Å². The summed E-state index contributed by atoms with van der Waals surface area (Å²) in [7, 11) is 0. The molecule has 2 aromatic rings. The summed E-state index contributed by atoms with van der Waals surface area (Å²) < 4.78 is 17.7. The molecule has 3 N–H and O–H groups in total. The van der Waals surface area contributed by atoms with Crippen LogP contribution in [0.5, 0.6) is 0 Å². The number of anilines is 2. The van der Waals surface area contributed by atoms with Gasteiger partial charge < -0.3 is 25.3 Å². The molecule has 1 atom stereocenters. The third-order valence-corrected chi connectivity index (χ3v) is 5.61. The molecule has 2 aromatic carbocycles. The molecule has 0 saturated carbocycles. The van der Waals surface area contributed by atoms with Gasteiger partial charge in [-0.3, -0.25) is 9.69 Å². The van der Waals surface area contributed by atoms with Crippen LogP contribution >= 0.6 is 15.9 Å². The van der Waals surface area contributed by atoms with Crippen molar-refractivity contribution in [1.29, 1.82) is 0 Å². The Morgan fingerprint density at radius 1 is 1.20 bits per heavy atom. The molecule has 2 heterocycles. The van der Waals surface area contributed by atoms with Gasteiger partial charge in [0.25, 0.3) is 0 Å². The Morgan fingerprint density at radius 3 is 2.63 bits per heavy atom. The number of likely N-dealkylation sites (tertiary alicyclic amines) is 1. The highest BCUT2D eigenvalue weighted by Gasteiger charge is 2.53. The lowest BCUT2D eigenvalue weighted by atomic mass is 10.1. The molecule has 0 radical (unpaired) electrons. The van der Waals surface area contributed by atoms with Gasteiger partial charge in [-0.25, -0.2) is 4.79 Å². The van der Waals surface area contributed by atoms with Gasteiger partial charge in [-0.1, -0.05) is 46.3 Å². The molecular weight excluding hydrogens is 454 g/mol. The van der Waals surface area contributed by atoms with Gasteiger partial charge in [0.15, 0.2) is 5.79 Å². The molecule has 2 aliphatic heterocycles. The third-order valence-electron chi connectivity index (χ3n) is 5.12. The van der Waals surface area contributed by atoms with Crippen LogP contribution < -0.4 is 11.1 Å². The van der Waals surface area contributed by atoms with Crippen LogP contribution in [-0.2, 0) is 25.6 Å². The van der Waals surface area contributed by atoms with E-state index in [1.807, 2.05) is 30.3 Å². The van der Waals surface area contributed by atoms with Gasteiger partial charge in [-0.2, -0.15) is 0 Å². The van der Waals surface area contributed by atoms with Gasteiger partial charge in [0.05, 0.1) is 31.1 Å². The van der Waals surface area contributed by atoms with E-state index in [1.54, 1.807) is 18.2 Å². The maximum Gasteiger partial charge on any atom is 0.410 e. The fourth-order valence-corrected chi connectivity index (χ4v) is 4.02. The number of nitrogens with two attached hydrogens (primary N) is 1. The van der Waals surface area contributed by atoms with Crippen LogP contribution in [0.1, 0.15) is 12.0 Å². The molecule has 2 saturated heterocycles. The molecule has 0 bridgehead atoms.